The van der Waals surface area contributed by atoms with Gasteiger partial charge in [0.15, 0.2) is 0 Å². The van der Waals surface area contributed by atoms with Crippen molar-refractivity contribution in [3.05, 3.63) is 15.4 Å². The van der Waals surface area contributed by atoms with E-state index in [-0.39, 0.29) is 6.04 Å². The lowest BCUT2D eigenvalue weighted by molar-refractivity contribution is 0.557. The molecule has 2 atom stereocenters. The summed E-state index contributed by atoms with van der Waals surface area (Å²) in [6, 6.07) is 1.42. The first-order chi connectivity index (χ1) is 8.22. The van der Waals surface area contributed by atoms with Gasteiger partial charge in [0, 0.05) is 28.9 Å². The predicted octanol–water partition coefficient (Wildman–Crippen LogP) is 2.25. The van der Waals surface area contributed by atoms with Crippen molar-refractivity contribution >= 4 is 48.1 Å². The van der Waals surface area contributed by atoms with Crippen LogP contribution in [-0.2, 0) is 20.8 Å². The molecule has 2 unspecified atom stereocenters. The SMILES string of the molecule is Cc1cc(S(=O)(=O)NC(C)CCS(C)=O)sc1Br. The van der Waals surface area contributed by atoms with E-state index >= 15 is 0 Å². The molecule has 0 aliphatic rings. The van der Waals surface area contributed by atoms with E-state index in [1.54, 1.807) is 19.2 Å². The third-order valence-corrected chi connectivity index (χ3v) is 7.30. The lowest BCUT2D eigenvalue weighted by atomic mass is 10.3. The highest BCUT2D eigenvalue weighted by molar-refractivity contribution is 9.11. The smallest absolute Gasteiger partial charge is 0.250 e. The molecule has 0 saturated heterocycles. The molecule has 0 saturated carbocycles. The van der Waals surface area contributed by atoms with Crippen molar-refractivity contribution < 1.29 is 12.6 Å². The van der Waals surface area contributed by atoms with Gasteiger partial charge in [-0.3, -0.25) is 4.21 Å². The maximum Gasteiger partial charge on any atom is 0.250 e. The van der Waals surface area contributed by atoms with E-state index in [4.69, 9.17) is 0 Å². The molecule has 0 spiro atoms. The zero-order chi connectivity index (χ0) is 13.9. The Morgan fingerprint density at radius 2 is 2.17 bits per heavy atom. The number of hydrogen-bond acceptors (Lipinski definition) is 4. The second kappa shape index (κ2) is 6.60. The van der Waals surface area contributed by atoms with Gasteiger partial charge in [0.1, 0.15) is 4.21 Å². The van der Waals surface area contributed by atoms with Gasteiger partial charge in [-0.1, -0.05) is 0 Å². The summed E-state index contributed by atoms with van der Waals surface area (Å²) < 4.78 is 38.8. The topological polar surface area (TPSA) is 63.2 Å². The highest BCUT2D eigenvalue weighted by Crippen LogP contribution is 2.30. The second-order valence-electron chi connectivity index (χ2n) is 4.11. The third-order valence-electron chi connectivity index (χ3n) is 2.29. The normalized spacial score (nSPS) is 15.6. The average Bonchev–Trinajstić information content (AvgIpc) is 2.56. The summed E-state index contributed by atoms with van der Waals surface area (Å²) in [4.78, 5) is 0. The minimum atomic E-state index is -3.47. The van der Waals surface area contributed by atoms with Crippen molar-refractivity contribution in [3.63, 3.8) is 0 Å². The van der Waals surface area contributed by atoms with E-state index in [1.165, 1.54) is 11.3 Å². The van der Waals surface area contributed by atoms with Gasteiger partial charge in [-0.25, -0.2) is 13.1 Å². The van der Waals surface area contributed by atoms with Gasteiger partial charge in [-0.05, 0) is 47.8 Å². The number of sulfonamides is 1. The number of rotatable bonds is 6. The number of nitrogens with one attached hydrogen (secondary N) is 1. The molecule has 18 heavy (non-hydrogen) atoms. The first-order valence-electron chi connectivity index (χ1n) is 5.30. The molecule has 8 heteroatoms. The molecule has 0 aliphatic carbocycles. The monoisotopic (exact) mass is 373 g/mol. The number of hydrogen-bond donors (Lipinski definition) is 1. The molecule has 0 radical (unpaired) electrons. The lowest BCUT2D eigenvalue weighted by Gasteiger charge is -2.12. The van der Waals surface area contributed by atoms with E-state index in [0.29, 0.717) is 16.4 Å². The molecule has 1 N–H and O–H groups in total. The standard InChI is InChI=1S/C10H16BrNO3S3/c1-7-6-9(16-10(7)11)18(14,15)12-8(2)4-5-17(3)13/h6,8,12H,4-5H2,1-3H3. The summed E-state index contributed by atoms with van der Waals surface area (Å²) in [5.41, 5.74) is 0.905. The highest BCUT2D eigenvalue weighted by atomic mass is 79.9. The Morgan fingerprint density at radius 3 is 2.61 bits per heavy atom. The second-order valence-corrected chi connectivity index (χ2v) is 9.98. The van der Waals surface area contributed by atoms with Crippen molar-refractivity contribution in [2.45, 2.75) is 30.5 Å². The van der Waals surface area contributed by atoms with Crippen LogP contribution >= 0.6 is 27.3 Å². The Labute approximate surface area is 123 Å². The zero-order valence-electron chi connectivity index (χ0n) is 10.4. The summed E-state index contributed by atoms with van der Waals surface area (Å²) in [5, 5.41) is 0. The van der Waals surface area contributed by atoms with Crippen LogP contribution in [-0.4, -0.2) is 30.7 Å². The van der Waals surface area contributed by atoms with Crippen molar-refractivity contribution in [1.29, 1.82) is 0 Å². The minimum absolute atomic E-state index is 0.222. The summed E-state index contributed by atoms with van der Waals surface area (Å²) >= 11 is 4.50. The van der Waals surface area contributed by atoms with Gasteiger partial charge < -0.3 is 0 Å². The molecule has 4 nitrogen and oxygen atoms in total. The molecule has 0 amide bonds. The number of thiophene rings is 1. The van der Waals surface area contributed by atoms with Gasteiger partial charge in [-0.15, -0.1) is 11.3 Å². The fourth-order valence-electron chi connectivity index (χ4n) is 1.29. The highest BCUT2D eigenvalue weighted by Gasteiger charge is 2.20. The van der Waals surface area contributed by atoms with E-state index in [9.17, 15) is 12.6 Å². The fourth-order valence-corrected chi connectivity index (χ4v) is 5.49. The third kappa shape index (κ3) is 4.73. The quantitative estimate of drug-likeness (QED) is 0.831. The van der Waals surface area contributed by atoms with Crippen LogP contribution in [0, 0.1) is 6.92 Å². The van der Waals surface area contributed by atoms with Crippen LogP contribution in [0.4, 0.5) is 0 Å². The number of halogens is 1. The Hall–Kier alpha value is 0.240. The van der Waals surface area contributed by atoms with Crippen LogP contribution in [0.2, 0.25) is 0 Å². The molecular weight excluding hydrogens is 358 g/mol. The minimum Gasteiger partial charge on any atom is -0.260 e. The zero-order valence-corrected chi connectivity index (χ0v) is 14.4. The maximum atomic E-state index is 12.1. The molecule has 0 aliphatic heterocycles. The van der Waals surface area contributed by atoms with Crippen molar-refractivity contribution in [3.8, 4) is 0 Å². The molecular formula is C10H16BrNO3S3. The van der Waals surface area contributed by atoms with Crippen molar-refractivity contribution in [2.75, 3.05) is 12.0 Å². The van der Waals surface area contributed by atoms with E-state index in [0.717, 1.165) is 9.35 Å². The first-order valence-corrected chi connectivity index (χ1v) is 10.1. The molecule has 1 aromatic heterocycles. The van der Waals surface area contributed by atoms with E-state index in [2.05, 4.69) is 20.7 Å². The van der Waals surface area contributed by atoms with Gasteiger partial charge in [0.05, 0.1) is 3.79 Å². The van der Waals surface area contributed by atoms with Gasteiger partial charge in [0.2, 0.25) is 10.0 Å². The molecule has 104 valence electrons. The summed E-state index contributed by atoms with van der Waals surface area (Å²) in [6.45, 7) is 3.63. The van der Waals surface area contributed by atoms with Gasteiger partial charge >= 0.3 is 0 Å². The van der Waals surface area contributed by atoms with Crippen LogP contribution in [0.5, 0.6) is 0 Å². The first kappa shape index (κ1) is 16.3. The van der Waals surface area contributed by atoms with Gasteiger partial charge in [-0.2, -0.15) is 0 Å². The molecule has 0 bridgehead atoms. The Kier molecular flexibility index (Phi) is 5.98. The Morgan fingerprint density at radius 1 is 1.56 bits per heavy atom. The summed E-state index contributed by atoms with van der Waals surface area (Å²) in [6.07, 6.45) is 2.18. The van der Waals surface area contributed by atoms with Gasteiger partial charge in [0.25, 0.3) is 0 Å². The van der Waals surface area contributed by atoms with Crippen LogP contribution < -0.4 is 4.72 Å². The molecule has 1 rings (SSSR count). The van der Waals surface area contributed by atoms with Crippen LogP contribution in [0.1, 0.15) is 18.9 Å². The fraction of sp³-hybridized carbons (Fsp3) is 0.600. The summed E-state index contributed by atoms with van der Waals surface area (Å²) in [5.74, 6) is 0.497. The molecule has 1 aromatic rings. The largest absolute Gasteiger partial charge is 0.260 e. The van der Waals surface area contributed by atoms with E-state index in [1.807, 2.05) is 6.92 Å². The Balaban J connectivity index is 2.73. The van der Waals surface area contributed by atoms with E-state index < -0.39 is 20.8 Å². The predicted molar refractivity (Wildman–Crippen MR) is 80.1 cm³/mol. The summed E-state index contributed by atoms with van der Waals surface area (Å²) in [7, 11) is -4.37. The van der Waals surface area contributed by atoms with Crippen LogP contribution in [0.25, 0.3) is 0 Å². The van der Waals surface area contributed by atoms with Crippen molar-refractivity contribution in [2.24, 2.45) is 0 Å². The van der Waals surface area contributed by atoms with Crippen LogP contribution in [0.3, 0.4) is 0 Å². The Bertz CT molecular complexity index is 519. The maximum absolute atomic E-state index is 12.1. The molecule has 0 aromatic carbocycles. The number of aryl methyl sites for hydroxylation is 1. The molecule has 0 fully saturated rings. The molecule has 1 heterocycles. The average molecular weight is 374 g/mol. The lowest BCUT2D eigenvalue weighted by Crippen LogP contribution is -2.33. The van der Waals surface area contributed by atoms with Crippen molar-refractivity contribution in [1.82, 2.24) is 4.72 Å². The van der Waals surface area contributed by atoms with Crippen LogP contribution in [0.15, 0.2) is 14.1 Å².